The molecule has 3 N–H and O–H groups in total. The Bertz CT molecular complexity index is 1340. The first-order chi connectivity index (χ1) is 15.2. The zero-order valence-electron chi connectivity index (χ0n) is 19.3. The van der Waals surface area contributed by atoms with E-state index < -0.39 is 39.0 Å². The van der Waals surface area contributed by atoms with E-state index in [-0.39, 0.29) is 4.90 Å². The summed E-state index contributed by atoms with van der Waals surface area (Å²) in [6.45, 7) is 8.42. The number of ether oxygens (including phenoxy) is 1. The van der Waals surface area contributed by atoms with Crippen molar-refractivity contribution in [3.05, 3.63) is 36.4 Å². The number of furan rings is 1. The number of aliphatic carboxylic acids is 1. The number of amides is 1. The molecule has 10 heteroatoms. The third kappa shape index (κ3) is 4.28. The summed E-state index contributed by atoms with van der Waals surface area (Å²) in [7, 11) is -2.95. The third-order valence-electron chi connectivity index (χ3n) is 5.87. The molecule has 3 rings (SSSR count). The van der Waals surface area contributed by atoms with Crippen LogP contribution in [0.1, 0.15) is 34.6 Å². The SMILES string of the molecule is COC(=O)Nc1ccc2c(c1)oc1ccc(S(=O)(=O)NC(C(=O)O)(C(C)C)C(C)(C)C)cc12. The number of benzene rings is 2. The molecule has 1 aromatic heterocycles. The molecule has 0 aliphatic rings. The van der Waals surface area contributed by atoms with Crippen LogP contribution in [0.3, 0.4) is 0 Å². The Kier molecular flexibility index (Phi) is 6.20. The highest BCUT2D eigenvalue weighted by Crippen LogP contribution is 2.39. The van der Waals surface area contributed by atoms with Gasteiger partial charge in [-0.05, 0) is 41.7 Å². The maximum atomic E-state index is 13.3. The first-order valence-electron chi connectivity index (χ1n) is 10.3. The van der Waals surface area contributed by atoms with Gasteiger partial charge in [0.15, 0.2) is 0 Å². The van der Waals surface area contributed by atoms with Crippen molar-refractivity contribution in [2.45, 2.75) is 45.1 Å². The lowest BCUT2D eigenvalue weighted by atomic mass is 9.68. The van der Waals surface area contributed by atoms with Gasteiger partial charge in [-0.2, -0.15) is 4.72 Å². The lowest BCUT2D eigenvalue weighted by Gasteiger charge is -2.44. The molecular formula is C23H28N2O7S. The molecule has 0 aliphatic heterocycles. The van der Waals surface area contributed by atoms with Crippen molar-refractivity contribution in [2.24, 2.45) is 11.3 Å². The fraction of sp³-hybridized carbons (Fsp3) is 0.391. The van der Waals surface area contributed by atoms with Crippen molar-refractivity contribution >= 4 is 49.7 Å². The lowest BCUT2D eigenvalue weighted by molar-refractivity contribution is -0.151. The predicted octanol–water partition coefficient (Wildman–Crippen LogP) is 4.57. The van der Waals surface area contributed by atoms with Crippen molar-refractivity contribution in [2.75, 3.05) is 12.4 Å². The Labute approximate surface area is 192 Å². The van der Waals surface area contributed by atoms with Crippen molar-refractivity contribution < 1.29 is 32.3 Å². The second-order valence-electron chi connectivity index (χ2n) is 9.21. The summed E-state index contributed by atoms with van der Waals surface area (Å²) < 4.78 is 39.6. The maximum Gasteiger partial charge on any atom is 0.411 e. The Hall–Kier alpha value is -3.11. The van der Waals surface area contributed by atoms with Gasteiger partial charge in [-0.25, -0.2) is 13.2 Å². The van der Waals surface area contributed by atoms with Crippen LogP contribution >= 0.6 is 0 Å². The van der Waals surface area contributed by atoms with Crippen molar-refractivity contribution in [1.82, 2.24) is 4.72 Å². The molecule has 1 heterocycles. The number of sulfonamides is 1. The molecule has 1 amide bonds. The van der Waals surface area contributed by atoms with Gasteiger partial charge in [0.05, 0.1) is 12.0 Å². The Morgan fingerprint density at radius 2 is 1.70 bits per heavy atom. The number of carbonyl (C=O) groups excluding carboxylic acids is 1. The number of carboxylic acids is 1. The first-order valence-corrected chi connectivity index (χ1v) is 11.8. The molecule has 0 bridgehead atoms. The number of carboxylic acid groups (broad SMARTS) is 1. The van der Waals surface area contributed by atoms with Crippen molar-refractivity contribution in [1.29, 1.82) is 0 Å². The van der Waals surface area contributed by atoms with Crippen LogP contribution in [-0.2, 0) is 19.6 Å². The van der Waals surface area contributed by atoms with Crippen LogP contribution in [0.15, 0.2) is 45.7 Å². The van der Waals surface area contributed by atoms with Crippen LogP contribution < -0.4 is 10.0 Å². The number of nitrogens with one attached hydrogen (secondary N) is 2. The zero-order valence-corrected chi connectivity index (χ0v) is 20.2. The summed E-state index contributed by atoms with van der Waals surface area (Å²) in [6.07, 6.45) is -0.629. The lowest BCUT2D eigenvalue weighted by Crippen LogP contribution is -2.65. The maximum absolute atomic E-state index is 13.3. The fourth-order valence-electron chi connectivity index (χ4n) is 4.19. The van der Waals surface area contributed by atoms with E-state index in [9.17, 15) is 23.1 Å². The highest BCUT2D eigenvalue weighted by atomic mass is 32.2. The summed E-state index contributed by atoms with van der Waals surface area (Å²) in [6, 6.07) is 9.28. The van der Waals surface area contributed by atoms with E-state index in [1.54, 1.807) is 52.8 Å². The summed E-state index contributed by atoms with van der Waals surface area (Å²) >= 11 is 0. The molecule has 9 nitrogen and oxygen atoms in total. The Morgan fingerprint density at radius 3 is 2.24 bits per heavy atom. The molecule has 0 radical (unpaired) electrons. The normalized spacial score (nSPS) is 14.4. The van der Waals surface area contributed by atoms with Crippen LogP contribution in [0.4, 0.5) is 10.5 Å². The minimum Gasteiger partial charge on any atom is -0.480 e. The summed E-state index contributed by atoms with van der Waals surface area (Å²) in [4.78, 5) is 23.7. The number of hydrogen-bond donors (Lipinski definition) is 3. The van der Waals surface area contributed by atoms with E-state index in [0.717, 1.165) is 0 Å². The van der Waals surface area contributed by atoms with Gasteiger partial charge in [-0.3, -0.25) is 10.1 Å². The second-order valence-corrected chi connectivity index (χ2v) is 10.9. The Balaban J connectivity index is 2.09. The molecule has 33 heavy (non-hydrogen) atoms. The third-order valence-corrected chi connectivity index (χ3v) is 7.33. The number of methoxy groups -OCH3 is 1. The van der Waals surface area contributed by atoms with Gasteiger partial charge in [0.25, 0.3) is 0 Å². The number of carbonyl (C=O) groups is 2. The van der Waals surface area contributed by atoms with E-state index in [1.807, 2.05) is 0 Å². The number of fused-ring (bicyclic) bond motifs is 3. The molecule has 0 fully saturated rings. The van der Waals surface area contributed by atoms with Gasteiger partial charge in [0.1, 0.15) is 16.7 Å². The molecule has 1 unspecified atom stereocenters. The molecule has 178 valence electrons. The Morgan fingerprint density at radius 1 is 1.03 bits per heavy atom. The summed E-state index contributed by atoms with van der Waals surface area (Å²) in [5.74, 6) is -1.77. The van der Waals surface area contributed by atoms with E-state index in [4.69, 9.17) is 4.42 Å². The van der Waals surface area contributed by atoms with Crippen LogP contribution in [0.2, 0.25) is 0 Å². The van der Waals surface area contributed by atoms with Gasteiger partial charge < -0.3 is 14.3 Å². The van der Waals surface area contributed by atoms with Gasteiger partial charge in [-0.15, -0.1) is 0 Å². The van der Waals surface area contributed by atoms with Gasteiger partial charge in [0, 0.05) is 22.5 Å². The van der Waals surface area contributed by atoms with E-state index >= 15 is 0 Å². The second kappa shape index (κ2) is 8.35. The van der Waals surface area contributed by atoms with Crippen LogP contribution in [-0.4, -0.2) is 38.2 Å². The van der Waals surface area contributed by atoms with Crippen LogP contribution in [0.25, 0.3) is 21.9 Å². The van der Waals surface area contributed by atoms with Crippen molar-refractivity contribution in [3.63, 3.8) is 0 Å². The molecule has 0 spiro atoms. The largest absolute Gasteiger partial charge is 0.480 e. The van der Waals surface area contributed by atoms with Gasteiger partial charge in [-0.1, -0.05) is 34.6 Å². The highest BCUT2D eigenvalue weighted by Gasteiger charge is 2.53. The number of anilines is 1. The zero-order chi connectivity index (χ0) is 24.8. The molecule has 0 saturated heterocycles. The van der Waals surface area contributed by atoms with Crippen LogP contribution in [0.5, 0.6) is 0 Å². The minimum atomic E-state index is -4.20. The molecular weight excluding hydrogens is 448 g/mol. The number of hydrogen-bond acceptors (Lipinski definition) is 6. The first kappa shape index (κ1) is 24.5. The molecule has 3 aromatic rings. The van der Waals surface area contributed by atoms with Crippen molar-refractivity contribution in [3.8, 4) is 0 Å². The average molecular weight is 477 g/mol. The summed E-state index contributed by atoms with van der Waals surface area (Å²) in [5, 5.41) is 13.8. The van der Waals surface area contributed by atoms with Crippen LogP contribution in [0, 0.1) is 11.3 Å². The van der Waals surface area contributed by atoms with Gasteiger partial charge in [0.2, 0.25) is 10.0 Å². The average Bonchev–Trinajstić information content (AvgIpc) is 3.07. The quantitative estimate of drug-likeness (QED) is 0.474. The van der Waals surface area contributed by atoms with E-state index in [1.165, 1.54) is 25.3 Å². The topological polar surface area (TPSA) is 135 Å². The molecule has 0 saturated carbocycles. The predicted molar refractivity (Wildman–Crippen MR) is 125 cm³/mol. The standard InChI is InChI=1S/C23H28N2O7S/c1-13(2)23(20(26)27,22(3,4)5)25-33(29,30)15-8-10-18-17(12-15)16-9-7-14(11-19(16)32-18)24-21(28)31-6/h7-13,25H,1-6H3,(H,24,28)(H,26,27). The van der Waals surface area contributed by atoms with E-state index in [0.29, 0.717) is 27.6 Å². The van der Waals surface area contributed by atoms with E-state index in [2.05, 4.69) is 14.8 Å². The minimum absolute atomic E-state index is 0.0787. The molecule has 1 atom stereocenters. The fourth-order valence-corrected chi connectivity index (χ4v) is 5.88. The smallest absolute Gasteiger partial charge is 0.411 e. The molecule has 2 aromatic carbocycles. The monoisotopic (exact) mass is 476 g/mol. The highest BCUT2D eigenvalue weighted by molar-refractivity contribution is 7.89. The summed E-state index contributed by atoms with van der Waals surface area (Å²) in [5.41, 5.74) is -1.29. The number of rotatable bonds is 6. The van der Waals surface area contributed by atoms with Gasteiger partial charge >= 0.3 is 12.1 Å². The molecule has 0 aliphatic carbocycles.